The van der Waals surface area contributed by atoms with E-state index in [0.29, 0.717) is 12.1 Å². The molecule has 0 fully saturated rings. The summed E-state index contributed by atoms with van der Waals surface area (Å²) in [6, 6.07) is 2.94. The van der Waals surface area contributed by atoms with Gasteiger partial charge in [-0.1, -0.05) is 0 Å². The van der Waals surface area contributed by atoms with Crippen molar-refractivity contribution in [3.63, 3.8) is 0 Å². The third-order valence-electron chi connectivity index (χ3n) is 2.58. The number of rotatable bonds is 6. The van der Waals surface area contributed by atoms with Gasteiger partial charge in [-0.15, -0.1) is 0 Å². The molecular formula is C13H17FN2O4. The third kappa shape index (κ3) is 5.13. The first-order valence-corrected chi connectivity index (χ1v) is 6.05. The highest BCUT2D eigenvalue weighted by atomic mass is 19.1. The topological polar surface area (TPSA) is 87.7 Å². The van der Waals surface area contributed by atoms with Crippen molar-refractivity contribution in [3.05, 3.63) is 24.0 Å². The number of hydrogen-bond donors (Lipinski definition) is 3. The van der Waals surface area contributed by atoms with Crippen LogP contribution in [0, 0.1) is 5.82 Å². The summed E-state index contributed by atoms with van der Waals surface area (Å²) in [5, 5.41) is 13.7. The van der Waals surface area contributed by atoms with Crippen LogP contribution in [0.15, 0.2) is 18.2 Å². The maximum atomic E-state index is 13.0. The molecule has 0 bridgehead atoms. The highest BCUT2D eigenvalue weighted by molar-refractivity contribution is 5.91. The van der Waals surface area contributed by atoms with E-state index in [-0.39, 0.29) is 18.2 Å². The Morgan fingerprint density at radius 2 is 2.15 bits per heavy atom. The molecule has 6 nitrogen and oxygen atoms in total. The van der Waals surface area contributed by atoms with Gasteiger partial charge < -0.3 is 20.5 Å². The number of anilines is 1. The molecule has 0 saturated carbocycles. The normalized spacial score (nSPS) is 11.6. The molecular weight excluding hydrogens is 267 g/mol. The number of aliphatic carboxylic acids is 1. The number of hydrogen-bond acceptors (Lipinski definition) is 3. The monoisotopic (exact) mass is 284 g/mol. The second-order valence-electron chi connectivity index (χ2n) is 4.28. The Morgan fingerprint density at radius 3 is 2.75 bits per heavy atom. The summed E-state index contributed by atoms with van der Waals surface area (Å²) in [7, 11) is 1.37. The van der Waals surface area contributed by atoms with Crippen molar-refractivity contribution in [2.24, 2.45) is 0 Å². The minimum absolute atomic E-state index is 0.0265. The fraction of sp³-hybridized carbons (Fsp3) is 0.385. The molecule has 0 aliphatic heterocycles. The number of methoxy groups -OCH3 is 1. The van der Waals surface area contributed by atoms with Crippen LogP contribution in [0.25, 0.3) is 0 Å². The van der Waals surface area contributed by atoms with E-state index >= 15 is 0 Å². The summed E-state index contributed by atoms with van der Waals surface area (Å²) in [5.74, 6) is -1.18. The summed E-state index contributed by atoms with van der Waals surface area (Å²) >= 11 is 0. The first-order chi connectivity index (χ1) is 9.42. The molecule has 0 heterocycles. The van der Waals surface area contributed by atoms with Crippen LogP contribution in [0.2, 0.25) is 0 Å². The quantitative estimate of drug-likeness (QED) is 0.747. The highest BCUT2D eigenvalue weighted by Gasteiger charge is 2.11. The molecule has 1 aromatic carbocycles. The van der Waals surface area contributed by atoms with Crippen molar-refractivity contribution in [3.8, 4) is 5.75 Å². The van der Waals surface area contributed by atoms with Gasteiger partial charge in [-0.2, -0.15) is 0 Å². The van der Waals surface area contributed by atoms with Gasteiger partial charge in [0.25, 0.3) is 0 Å². The predicted octanol–water partition coefficient (Wildman–Crippen LogP) is 2.21. The Labute approximate surface area is 115 Å². The number of halogens is 1. The second kappa shape index (κ2) is 7.32. The molecule has 0 aliphatic carbocycles. The van der Waals surface area contributed by atoms with E-state index in [4.69, 9.17) is 9.84 Å². The molecule has 7 heteroatoms. The molecule has 1 rings (SSSR count). The van der Waals surface area contributed by atoms with E-state index in [1.807, 2.05) is 0 Å². The average molecular weight is 284 g/mol. The molecule has 1 atom stereocenters. The van der Waals surface area contributed by atoms with Crippen LogP contribution in [0.5, 0.6) is 5.75 Å². The molecule has 0 radical (unpaired) electrons. The lowest BCUT2D eigenvalue weighted by Crippen LogP contribution is -2.36. The molecule has 1 unspecified atom stereocenters. The maximum Gasteiger partial charge on any atom is 0.319 e. The molecule has 0 aliphatic rings. The minimum Gasteiger partial charge on any atom is -0.494 e. The number of urea groups is 1. The Morgan fingerprint density at radius 1 is 1.45 bits per heavy atom. The molecule has 0 saturated heterocycles. The van der Waals surface area contributed by atoms with Gasteiger partial charge in [0, 0.05) is 18.5 Å². The van der Waals surface area contributed by atoms with E-state index in [1.165, 1.54) is 19.2 Å². The molecule has 110 valence electrons. The Kier molecular flexibility index (Phi) is 5.76. The molecule has 2 amide bonds. The number of nitrogens with one attached hydrogen (secondary N) is 2. The number of carbonyl (C=O) groups is 2. The van der Waals surface area contributed by atoms with Crippen molar-refractivity contribution in [2.75, 3.05) is 12.4 Å². The van der Waals surface area contributed by atoms with Crippen LogP contribution < -0.4 is 15.4 Å². The summed E-state index contributed by atoms with van der Waals surface area (Å²) < 4.78 is 17.9. The van der Waals surface area contributed by atoms with Gasteiger partial charge in [0.2, 0.25) is 0 Å². The van der Waals surface area contributed by atoms with Crippen LogP contribution in [-0.2, 0) is 4.79 Å². The molecule has 0 aromatic heterocycles. The lowest BCUT2D eigenvalue weighted by molar-refractivity contribution is -0.137. The fourth-order valence-corrected chi connectivity index (χ4v) is 1.56. The Balaban J connectivity index is 2.56. The van der Waals surface area contributed by atoms with E-state index < -0.39 is 17.8 Å². The summed E-state index contributed by atoms with van der Waals surface area (Å²) in [6.07, 6.45) is 0.296. The van der Waals surface area contributed by atoms with Gasteiger partial charge in [0.15, 0.2) is 0 Å². The lowest BCUT2D eigenvalue weighted by Gasteiger charge is -2.15. The first-order valence-electron chi connectivity index (χ1n) is 6.05. The van der Waals surface area contributed by atoms with Crippen LogP contribution in [0.1, 0.15) is 19.8 Å². The van der Waals surface area contributed by atoms with Crippen molar-refractivity contribution >= 4 is 17.7 Å². The number of carboxylic acid groups (broad SMARTS) is 1. The number of ether oxygens (including phenoxy) is 1. The van der Waals surface area contributed by atoms with Crippen LogP contribution in [0.4, 0.5) is 14.9 Å². The second-order valence-corrected chi connectivity index (χ2v) is 4.28. The third-order valence-corrected chi connectivity index (χ3v) is 2.58. The van der Waals surface area contributed by atoms with Crippen molar-refractivity contribution in [1.29, 1.82) is 0 Å². The summed E-state index contributed by atoms with van der Waals surface area (Å²) in [4.78, 5) is 22.1. The minimum atomic E-state index is -0.917. The zero-order chi connectivity index (χ0) is 15.1. The Hall–Kier alpha value is -2.31. The van der Waals surface area contributed by atoms with Crippen molar-refractivity contribution in [2.45, 2.75) is 25.8 Å². The largest absolute Gasteiger partial charge is 0.494 e. The summed E-state index contributed by atoms with van der Waals surface area (Å²) in [5.41, 5.74) is 0.330. The molecule has 3 N–H and O–H groups in total. The number of amides is 2. The van der Waals surface area contributed by atoms with E-state index in [1.54, 1.807) is 6.92 Å². The van der Waals surface area contributed by atoms with Crippen molar-refractivity contribution in [1.82, 2.24) is 5.32 Å². The average Bonchev–Trinajstić information content (AvgIpc) is 2.38. The smallest absolute Gasteiger partial charge is 0.319 e. The Bertz CT molecular complexity index is 493. The molecule has 20 heavy (non-hydrogen) atoms. The summed E-state index contributed by atoms with van der Waals surface area (Å²) in [6.45, 7) is 1.70. The van der Waals surface area contributed by atoms with E-state index in [2.05, 4.69) is 10.6 Å². The van der Waals surface area contributed by atoms with Gasteiger partial charge in [-0.3, -0.25) is 4.79 Å². The van der Waals surface area contributed by atoms with Crippen LogP contribution >= 0.6 is 0 Å². The fourth-order valence-electron chi connectivity index (χ4n) is 1.56. The maximum absolute atomic E-state index is 13.0. The number of benzene rings is 1. The number of carbonyl (C=O) groups excluding carboxylic acids is 1. The van der Waals surface area contributed by atoms with Crippen LogP contribution in [0.3, 0.4) is 0 Å². The predicted molar refractivity (Wildman–Crippen MR) is 71.4 cm³/mol. The van der Waals surface area contributed by atoms with Gasteiger partial charge in [0.1, 0.15) is 11.6 Å². The van der Waals surface area contributed by atoms with E-state index in [0.717, 1.165) is 6.07 Å². The van der Waals surface area contributed by atoms with Crippen molar-refractivity contribution < 1.29 is 23.8 Å². The molecule has 1 aromatic rings. The van der Waals surface area contributed by atoms with Gasteiger partial charge in [0.05, 0.1) is 12.8 Å². The first kappa shape index (κ1) is 15.7. The highest BCUT2D eigenvalue weighted by Crippen LogP contribution is 2.24. The zero-order valence-corrected chi connectivity index (χ0v) is 11.3. The standard InChI is InChI=1S/C13H17FN2O4/c1-8(3-6-12(17)18)15-13(19)16-10-5-4-9(14)7-11(10)20-2/h4-5,7-8H,3,6H2,1-2H3,(H,17,18)(H2,15,16,19). The zero-order valence-electron chi connectivity index (χ0n) is 11.3. The lowest BCUT2D eigenvalue weighted by atomic mass is 10.2. The van der Waals surface area contributed by atoms with E-state index in [9.17, 15) is 14.0 Å². The van der Waals surface area contributed by atoms with Gasteiger partial charge in [-0.05, 0) is 25.5 Å². The SMILES string of the molecule is COc1cc(F)ccc1NC(=O)NC(C)CCC(=O)O. The molecule has 0 spiro atoms. The van der Waals surface area contributed by atoms with Gasteiger partial charge in [-0.25, -0.2) is 9.18 Å². The van der Waals surface area contributed by atoms with Crippen LogP contribution in [-0.4, -0.2) is 30.3 Å². The van der Waals surface area contributed by atoms with Gasteiger partial charge >= 0.3 is 12.0 Å². The number of carboxylic acids is 1.